The Hall–Kier alpha value is -0.530. The van der Waals surface area contributed by atoms with Crippen molar-refractivity contribution in [3.63, 3.8) is 0 Å². The van der Waals surface area contributed by atoms with E-state index in [4.69, 9.17) is 21.7 Å². The summed E-state index contributed by atoms with van der Waals surface area (Å²) >= 11 is 6.42. The molecule has 1 aliphatic heterocycles. The monoisotopic (exact) mass is 320 g/mol. The van der Waals surface area contributed by atoms with Crippen LogP contribution in [0.4, 0.5) is 4.79 Å². The van der Waals surface area contributed by atoms with Crippen molar-refractivity contribution >= 4 is 34.5 Å². The molecule has 1 rings (SSSR count). The van der Waals surface area contributed by atoms with Crippen molar-refractivity contribution in [2.45, 2.75) is 26.4 Å². The zero-order valence-electron chi connectivity index (χ0n) is 12.7. The summed E-state index contributed by atoms with van der Waals surface area (Å²) in [5, 5.41) is 0. The lowest BCUT2D eigenvalue weighted by molar-refractivity contribution is 0.0136. The molecule has 0 atom stereocenters. The molecule has 1 saturated heterocycles. The molecule has 1 aliphatic rings. The molecule has 7 heteroatoms. The molecule has 1 amide bonds. The van der Waals surface area contributed by atoms with E-state index >= 15 is 0 Å². The first kappa shape index (κ1) is 17.5. The number of carbonyl (C=O) groups is 1. The third-order valence-corrected chi connectivity index (χ3v) is 3.89. The van der Waals surface area contributed by atoms with Crippen molar-refractivity contribution in [3.05, 3.63) is 0 Å². The second kappa shape index (κ2) is 8.05. The Labute approximate surface area is 131 Å². The molecule has 1 fully saturated rings. The summed E-state index contributed by atoms with van der Waals surface area (Å²) in [6.07, 6.45) is 1.68. The van der Waals surface area contributed by atoms with E-state index < -0.39 is 5.60 Å². The number of thioether (sulfide) groups is 1. The lowest BCUT2D eigenvalue weighted by Crippen LogP contribution is -2.50. The topological polar surface area (TPSA) is 42.0 Å². The smallest absolute Gasteiger partial charge is 0.410 e. The van der Waals surface area contributed by atoms with Crippen LogP contribution in [0.3, 0.4) is 0 Å². The molecule has 116 valence electrons. The maximum atomic E-state index is 11.9. The van der Waals surface area contributed by atoms with Crippen LogP contribution in [0.15, 0.2) is 0 Å². The average molecular weight is 320 g/mol. The van der Waals surface area contributed by atoms with Crippen LogP contribution in [0.25, 0.3) is 0 Å². The average Bonchev–Trinajstić information content (AvgIpc) is 2.37. The van der Waals surface area contributed by atoms with Gasteiger partial charge in [-0.1, -0.05) is 11.8 Å². The van der Waals surface area contributed by atoms with Crippen LogP contribution in [0.1, 0.15) is 20.8 Å². The van der Waals surface area contributed by atoms with Gasteiger partial charge in [-0.3, -0.25) is 4.90 Å². The Morgan fingerprint density at radius 1 is 1.25 bits per heavy atom. The largest absolute Gasteiger partial charge is 0.477 e. The van der Waals surface area contributed by atoms with Crippen LogP contribution in [0, 0.1) is 0 Å². The van der Waals surface area contributed by atoms with E-state index in [2.05, 4.69) is 4.90 Å². The molecule has 1 heterocycles. The van der Waals surface area contributed by atoms with Gasteiger partial charge in [0.05, 0.1) is 0 Å². The van der Waals surface area contributed by atoms with Gasteiger partial charge < -0.3 is 14.4 Å². The Bertz CT molecular complexity index is 337. The maximum absolute atomic E-state index is 11.9. The normalized spacial score (nSPS) is 16.9. The minimum absolute atomic E-state index is 0.225. The first-order valence-electron chi connectivity index (χ1n) is 6.73. The number of piperazine rings is 1. The van der Waals surface area contributed by atoms with E-state index in [9.17, 15) is 4.79 Å². The van der Waals surface area contributed by atoms with Crippen LogP contribution < -0.4 is 0 Å². The molecule has 0 unspecified atom stereocenters. The number of amides is 1. The van der Waals surface area contributed by atoms with Crippen molar-refractivity contribution in [3.8, 4) is 0 Å². The number of hydrogen-bond acceptors (Lipinski definition) is 6. The molecule has 0 aliphatic carbocycles. The molecule has 0 radical (unpaired) electrons. The summed E-state index contributed by atoms with van der Waals surface area (Å²) in [5.41, 5.74) is -0.435. The highest BCUT2D eigenvalue weighted by Crippen LogP contribution is 2.11. The van der Waals surface area contributed by atoms with E-state index in [0.29, 0.717) is 24.1 Å². The number of ether oxygens (including phenoxy) is 2. The summed E-state index contributed by atoms with van der Waals surface area (Å²) in [4.78, 5) is 15.9. The Morgan fingerprint density at radius 2 is 1.85 bits per heavy atom. The molecule has 0 spiro atoms. The Morgan fingerprint density at radius 3 is 2.35 bits per heavy atom. The predicted molar refractivity (Wildman–Crippen MR) is 86.3 cm³/mol. The third-order valence-electron chi connectivity index (χ3n) is 2.82. The van der Waals surface area contributed by atoms with Crippen LogP contribution in [-0.4, -0.2) is 71.5 Å². The summed E-state index contributed by atoms with van der Waals surface area (Å²) in [5.74, 6) is 0. The molecule has 20 heavy (non-hydrogen) atoms. The first-order valence-corrected chi connectivity index (χ1v) is 8.36. The van der Waals surface area contributed by atoms with Crippen molar-refractivity contribution < 1.29 is 14.3 Å². The fraction of sp³-hybridized carbons (Fsp3) is 0.846. The quantitative estimate of drug-likeness (QED) is 0.743. The lowest BCUT2D eigenvalue weighted by atomic mass is 10.2. The van der Waals surface area contributed by atoms with Gasteiger partial charge in [-0.2, -0.15) is 0 Å². The van der Waals surface area contributed by atoms with Gasteiger partial charge in [0.15, 0.2) is 0 Å². The second-order valence-electron chi connectivity index (χ2n) is 5.61. The number of rotatable bonds is 3. The van der Waals surface area contributed by atoms with E-state index in [1.165, 1.54) is 11.8 Å². The van der Waals surface area contributed by atoms with Crippen LogP contribution in [-0.2, 0) is 9.47 Å². The Balaban J connectivity index is 2.23. The molecular weight excluding hydrogens is 296 g/mol. The van der Waals surface area contributed by atoms with Crippen LogP contribution in [0.2, 0.25) is 0 Å². The Kier molecular flexibility index (Phi) is 7.05. The van der Waals surface area contributed by atoms with E-state index in [-0.39, 0.29) is 6.09 Å². The number of nitrogens with zero attached hydrogens (tertiary/aromatic N) is 2. The lowest BCUT2D eigenvalue weighted by Gasteiger charge is -2.35. The zero-order valence-corrected chi connectivity index (χ0v) is 14.3. The van der Waals surface area contributed by atoms with Gasteiger partial charge in [0, 0.05) is 32.7 Å². The predicted octanol–water partition coefficient (Wildman–Crippen LogP) is 2.20. The number of thiocarbonyl (C=S) groups is 1. The number of carbonyl (C=O) groups excluding carboxylic acids is 1. The molecule has 0 bridgehead atoms. The second-order valence-corrected chi connectivity index (χ2v) is 7.02. The molecule has 0 aromatic carbocycles. The van der Waals surface area contributed by atoms with Gasteiger partial charge in [-0.15, -0.1) is 0 Å². The SMILES string of the molecule is CSC(=S)OCCN1CCN(C(=O)OC(C)(C)C)CC1. The van der Waals surface area contributed by atoms with Gasteiger partial charge in [0.25, 0.3) is 0 Å². The third kappa shape index (κ3) is 6.76. The van der Waals surface area contributed by atoms with Gasteiger partial charge in [0.1, 0.15) is 12.2 Å². The van der Waals surface area contributed by atoms with E-state index in [1.54, 1.807) is 4.90 Å². The fourth-order valence-electron chi connectivity index (χ4n) is 1.80. The molecule has 0 N–H and O–H groups in total. The van der Waals surface area contributed by atoms with Crippen LogP contribution >= 0.6 is 24.0 Å². The molecular formula is C13H24N2O3S2. The van der Waals surface area contributed by atoms with Crippen molar-refractivity contribution in [2.75, 3.05) is 45.6 Å². The van der Waals surface area contributed by atoms with Crippen molar-refractivity contribution in [2.24, 2.45) is 0 Å². The molecule has 5 nitrogen and oxygen atoms in total. The molecule has 0 aromatic rings. The van der Waals surface area contributed by atoms with Gasteiger partial charge in [-0.05, 0) is 39.2 Å². The van der Waals surface area contributed by atoms with Crippen LogP contribution in [0.5, 0.6) is 0 Å². The summed E-state index contributed by atoms with van der Waals surface area (Å²) in [6.45, 7) is 10.2. The fourth-order valence-corrected chi connectivity index (χ4v) is 2.08. The highest BCUT2D eigenvalue weighted by atomic mass is 32.2. The standard InChI is InChI=1S/C13H24N2O3S2/c1-13(2,3)18-11(16)15-7-5-14(6-8-15)9-10-17-12(19)20-4/h5-10H2,1-4H3. The van der Waals surface area contributed by atoms with E-state index in [0.717, 1.165) is 19.6 Å². The summed E-state index contributed by atoms with van der Waals surface area (Å²) in [6, 6.07) is 0. The highest BCUT2D eigenvalue weighted by molar-refractivity contribution is 8.22. The van der Waals surface area contributed by atoms with Crippen molar-refractivity contribution in [1.82, 2.24) is 9.80 Å². The van der Waals surface area contributed by atoms with Crippen molar-refractivity contribution in [1.29, 1.82) is 0 Å². The summed E-state index contributed by atoms with van der Waals surface area (Å²) in [7, 11) is 0. The molecule has 0 aromatic heterocycles. The summed E-state index contributed by atoms with van der Waals surface area (Å²) < 4.78 is 11.3. The minimum Gasteiger partial charge on any atom is -0.477 e. The van der Waals surface area contributed by atoms with Gasteiger partial charge in [0.2, 0.25) is 4.38 Å². The number of hydrogen-bond donors (Lipinski definition) is 0. The zero-order chi connectivity index (χ0) is 15.2. The molecule has 0 saturated carbocycles. The van der Waals surface area contributed by atoms with E-state index in [1.807, 2.05) is 27.0 Å². The minimum atomic E-state index is -0.435. The van der Waals surface area contributed by atoms with Gasteiger partial charge >= 0.3 is 6.09 Å². The van der Waals surface area contributed by atoms with Gasteiger partial charge in [-0.25, -0.2) is 4.79 Å². The highest BCUT2D eigenvalue weighted by Gasteiger charge is 2.25. The maximum Gasteiger partial charge on any atom is 0.410 e. The first-order chi connectivity index (χ1) is 9.31.